The molecule has 7 nitrogen and oxygen atoms in total. The minimum atomic E-state index is -4.66. The summed E-state index contributed by atoms with van der Waals surface area (Å²) in [5, 5.41) is 23.0. The maximum absolute atomic E-state index is 12.5. The maximum Gasteiger partial charge on any atom is 0.453 e. The number of aromatic nitrogens is 4. The number of allylic oxidation sites excluding steroid dienone is 1. The van der Waals surface area contributed by atoms with Gasteiger partial charge in [0, 0.05) is 18.0 Å². The van der Waals surface area contributed by atoms with Crippen LogP contribution in [0.1, 0.15) is 11.5 Å². The third-order valence-corrected chi connectivity index (χ3v) is 2.35. The number of halogens is 3. The van der Waals surface area contributed by atoms with Gasteiger partial charge in [-0.1, -0.05) is 0 Å². The minimum absolute atomic E-state index is 0.143. The lowest BCUT2D eigenvalue weighted by atomic mass is 10.3. The second-order valence-electron chi connectivity index (χ2n) is 3.85. The Morgan fingerprint density at radius 3 is 2.57 bits per heavy atom. The van der Waals surface area contributed by atoms with E-state index in [2.05, 4.69) is 20.4 Å². The maximum atomic E-state index is 12.5. The Labute approximate surface area is 116 Å². The van der Waals surface area contributed by atoms with Gasteiger partial charge in [-0.25, -0.2) is 4.52 Å². The van der Waals surface area contributed by atoms with Crippen molar-refractivity contribution in [3.63, 3.8) is 0 Å². The molecule has 21 heavy (non-hydrogen) atoms. The van der Waals surface area contributed by atoms with Gasteiger partial charge in [-0.15, -0.1) is 5.10 Å². The first-order valence-corrected chi connectivity index (χ1v) is 5.43. The molecule has 0 aromatic carbocycles. The fourth-order valence-corrected chi connectivity index (χ4v) is 1.44. The summed E-state index contributed by atoms with van der Waals surface area (Å²) >= 11 is 0. The van der Waals surface area contributed by atoms with Crippen LogP contribution in [0.15, 0.2) is 17.8 Å². The molecular weight excluding hydrogens is 287 g/mol. The first kappa shape index (κ1) is 14.3. The smallest absolute Gasteiger partial charge is 0.344 e. The van der Waals surface area contributed by atoms with Crippen LogP contribution in [-0.2, 0) is 6.18 Å². The van der Waals surface area contributed by atoms with E-state index in [9.17, 15) is 13.2 Å². The minimum Gasteiger partial charge on any atom is -0.344 e. The molecule has 0 amide bonds. The van der Waals surface area contributed by atoms with Crippen LogP contribution >= 0.6 is 0 Å². The molecule has 0 aliphatic rings. The van der Waals surface area contributed by atoms with Crippen LogP contribution in [0.25, 0.3) is 5.78 Å². The lowest BCUT2D eigenvalue weighted by Crippen LogP contribution is -2.07. The molecule has 2 aromatic heterocycles. The summed E-state index contributed by atoms with van der Waals surface area (Å²) < 4.78 is 38.6. The third kappa shape index (κ3) is 2.90. The zero-order valence-electron chi connectivity index (χ0n) is 10.5. The van der Waals surface area contributed by atoms with Crippen molar-refractivity contribution in [3.8, 4) is 12.1 Å². The third-order valence-electron chi connectivity index (χ3n) is 2.35. The first-order chi connectivity index (χ1) is 9.85. The first-order valence-electron chi connectivity index (χ1n) is 5.43. The number of fused-ring (bicyclic) bond motifs is 1. The van der Waals surface area contributed by atoms with Crippen molar-refractivity contribution >= 4 is 11.6 Å². The van der Waals surface area contributed by atoms with Gasteiger partial charge in [-0.05, 0) is 6.92 Å². The van der Waals surface area contributed by atoms with E-state index in [-0.39, 0.29) is 17.2 Å². The highest BCUT2D eigenvalue weighted by molar-refractivity contribution is 5.48. The number of nitrogens with one attached hydrogen (secondary N) is 1. The van der Waals surface area contributed by atoms with E-state index >= 15 is 0 Å². The Bertz CT molecular complexity index is 788. The molecule has 0 aliphatic heterocycles. The van der Waals surface area contributed by atoms with Gasteiger partial charge in [-0.2, -0.15) is 33.7 Å². The van der Waals surface area contributed by atoms with Crippen LogP contribution in [-0.4, -0.2) is 19.6 Å². The van der Waals surface area contributed by atoms with E-state index in [4.69, 9.17) is 10.5 Å². The van der Waals surface area contributed by atoms with Crippen LogP contribution < -0.4 is 5.32 Å². The van der Waals surface area contributed by atoms with Gasteiger partial charge in [0.2, 0.25) is 0 Å². The topological polar surface area (TPSA) is 103 Å². The number of hydrogen-bond acceptors (Lipinski definition) is 6. The summed E-state index contributed by atoms with van der Waals surface area (Å²) in [5.41, 5.74) is 0.154. The summed E-state index contributed by atoms with van der Waals surface area (Å²) in [6.45, 7) is 1.52. The fraction of sp³-hybridized carbons (Fsp3) is 0.182. The van der Waals surface area contributed by atoms with Crippen molar-refractivity contribution in [1.29, 1.82) is 10.5 Å². The highest BCUT2D eigenvalue weighted by Crippen LogP contribution is 2.26. The van der Waals surface area contributed by atoms with Crippen molar-refractivity contribution in [2.75, 3.05) is 5.32 Å². The average molecular weight is 293 g/mol. The number of nitriles is 2. The summed E-state index contributed by atoms with van der Waals surface area (Å²) in [6.07, 6.45) is -3.57. The van der Waals surface area contributed by atoms with Gasteiger partial charge in [0.1, 0.15) is 23.5 Å². The van der Waals surface area contributed by atoms with E-state index in [1.54, 1.807) is 12.1 Å². The predicted octanol–water partition coefficient (Wildman–Crippen LogP) is 1.79. The van der Waals surface area contributed by atoms with E-state index in [1.807, 2.05) is 0 Å². The van der Waals surface area contributed by atoms with Crippen molar-refractivity contribution < 1.29 is 13.2 Å². The Kier molecular flexibility index (Phi) is 3.46. The molecule has 0 spiro atoms. The van der Waals surface area contributed by atoms with Crippen molar-refractivity contribution in [2.45, 2.75) is 13.1 Å². The monoisotopic (exact) mass is 293 g/mol. The molecule has 0 atom stereocenters. The molecule has 0 radical (unpaired) electrons. The molecule has 1 N–H and O–H groups in total. The van der Waals surface area contributed by atoms with Crippen molar-refractivity contribution in [1.82, 2.24) is 19.6 Å². The Morgan fingerprint density at radius 1 is 1.33 bits per heavy atom. The second kappa shape index (κ2) is 5.09. The summed E-state index contributed by atoms with van der Waals surface area (Å²) in [6, 6.07) is 4.66. The number of anilines is 1. The number of alkyl halides is 3. The molecule has 2 heterocycles. The molecule has 0 bridgehead atoms. The highest BCUT2D eigenvalue weighted by atomic mass is 19.4. The van der Waals surface area contributed by atoms with E-state index in [1.165, 1.54) is 13.0 Å². The molecule has 106 valence electrons. The lowest BCUT2D eigenvalue weighted by Gasteiger charge is -2.02. The lowest BCUT2D eigenvalue weighted by molar-refractivity contribution is -0.144. The highest BCUT2D eigenvalue weighted by Gasteiger charge is 2.36. The molecule has 0 unspecified atom stereocenters. The molecule has 2 rings (SSSR count). The van der Waals surface area contributed by atoms with Crippen molar-refractivity contribution in [3.05, 3.63) is 29.4 Å². The molecule has 0 saturated heterocycles. The molecule has 0 aliphatic carbocycles. The van der Waals surface area contributed by atoms with E-state index in [0.717, 1.165) is 10.7 Å². The predicted molar refractivity (Wildman–Crippen MR) is 63.5 cm³/mol. The Hall–Kier alpha value is -3.14. The van der Waals surface area contributed by atoms with Gasteiger partial charge in [0.05, 0.1) is 0 Å². The molecule has 10 heteroatoms. The number of aryl methyl sites for hydroxylation is 1. The van der Waals surface area contributed by atoms with Gasteiger partial charge >= 0.3 is 6.18 Å². The second-order valence-corrected chi connectivity index (χ2v) is 3.85. The number of nitrogens with zero attached hydrogens (tertiary/aromatic N) is 6. The molecular formula is C11H6F3N7. The van der Waals surface area contributed by atoms with E-state index < -0.39 is 12.0 Å². The summed E-state index contributed by atoms with van der Waals surface area (Å²) in [7, 11) is 0. The van der Waals surface area contributed by atoms with Gasteiger partial charge < -0.3 is 5.32 Å². The number of hydrogen-bond donors (Lipinski definition) is 1. The quantitative estimate of drug-likeness (QED) is 0.847. The Balaban J connectivity index is 2.44. The molecule has 0 fully saturated rings. The number of rotatable bonds is 2. The van der Waals surface area contributed by atoms with Crippen LogP contribution in [0.2, 0.25) is 0 Å². The largest absolute Gasteiger partial charge is 0.453 e. The zero-order valence-corrected chi connectivity index (χ0v) is 10.5. The molecule has 0 saturated carbocycles. The summed E-state index contributed by atoms with van der Waals surface area (Å²) in [4.78, 5) is 7.12. The van der Waals surface area contributed by atoms with Crippen LogP contribution in [0.5, 0.6) is 0 Å². The van der Waals surface area contributed by atoms with Gasteiger partial charge in [-0.3, -0.25) is 0 Å². The normalized spacial score (nSPS) is 10.8. The van der Waals surface area contributed by atoms with Gasteiger partial charge in [0.25, 0.3) is 11.6 Å². The average Bonchev–Trinajstić information content (AvgIpc) is 2.84. The SMILES string of the molecule is Cc1cc(NC=C(C#N)C#N)nc2nc(C(F)(F)F)nn12. The zero-order chi connectivity index (χ0) is 15.6. The standard InChI is InChI=1S/C11H6F3N7/c1-6-2-8(17-5-7(3-15)4-16)18-10-19-9(11(12,13)14)20-21(6)10/h2,5H,1H3,(H,17,18,19,20). The van der Waals surface area contributed by atoms with Crippen molar-refractivity contribution in [2.24, 2.45) is 0 Å². The van der Waals surface area contributed by atoms with E-state index in [0.29, 0.717) is 5.69 Å². The van der Waals surface area contributed by atoms with Crippen LogP contribution in [0.4, 0.5) is 19.0 Å². The molecule has 2 aromatic rings. The summed E-state index contributed by atoms with van der Waals surface area (Å²) in [5.74, 6) is -1.39. The Morgan fingerprint density at radius 2 is 2.00 bits per heavy atom. The van der Waals surface area contributed by atoms with Crippen LogP contribution in [0.3, 0.4) is 0 Å². The van der Waals surface area contributed by atoms with Gasteiger partial charge in [0.15, 0.2) is 0 Å². The van der Waals surface area contributed by atoms with Crippen LogP contribution in [0, 0.1) is 29.6 Å². The fourth-order valence-electron chi connectivity index (χ4n) is 1.44.